The maximum absolute atomic E-state index is 12.3. The first-order chi connectivity index (χ1) is 9.75. The highest BCUT2D eigenvalue weighted by Gasteiger charge is 2.33. The van der Waals surface area contributed by atoms with Gasteiger partial charge in [0.25, 0.3) is 0 Å². The fourth-order valence-corrected chi connectivity index (χ4v) is 2.49. The second-order valence-electron chi connectivity index (χ2n) is 6.83. The molecule has 1 saturated heterocycles. The van der Waals surface area contributed by atoms with Crippen molar-refractivity contribution in [2.75, 3.05) is 40.3 Å². The summed E-state index contributed by atoms with van der Waals surface area (Å²) in [7, 11) is 3.94. The van der Waals surface area contributed by atoms with Gasteiger partial charge in [0.05, 0.1) is 18.5 Å². The fraction of sp³-hybridized carbons (Fsp3) is 0.750. The number of amides is 1. The second-order valence-corrected chi connectivity index (χ2v) is 6.83. The number of nitriles is 1. The molecular weight excluding hydrogens is 264 g/mol. The Morgan fingerprint density at radius 2 is 2.05 bits per heavy atom. The quantitative estimate of drug-likeness (QED) is 0.734. The molecular formula is C16H28N4O. The molecule has 118 valence electrons. The summed E-state index contributed by atoms with van der Waals surface area (Å²) in [5.74, 6) is 0.0191. The molecule has 5 nitrogen and oxygen atoms in total. The number of hydrogen-bond acceptors (Lipinski definition) is 4. The van der Waals surface area contributed by atoms with E-state index in [4.69, 9.17) is 5.26 Å². The predicted octanol–water partition coefficient (Wildman–Crippen LogP) is 1.33. The Balaban J connectivity index is 2.71. The van der Waals surface area contributed by atoms with E-state index in [0.717, 1.165) is 19.6 Å². The SMILES string of the molecule is CN(C)C/C=C/C(=O)N1CCN(C(C)(C)C)C[C@@H]1CC#N. The zero-order chi connectivity index (χ0) is 16.0. The van der Waals surface area contributed by atoms with Gasteiger partial charge in [-0.3, -0.25) is 9.69 Å². The van der Waals surface area contributed by atoms with Crippen LogP contribution in [0, 0.1) is 11.3 Å². The number of nitrogens with zero attached hydrogens (tertiary/aromatic N) is 4. The third-order valence-corrected chi connectivity index (χ3v) is 3.77. The molecule has 0 unspecified atom stereocenters. The van der Waals surface area contributed by atoms with Crippen molar-refractivity contribution < 1.29 is 4.79 Å². The van der Waals surface area contributed by atoms with Gasteiger partial charge in [-0.05, 0) is 34.9 Å². The van der Waals surface area contributed by atoms with Gasteiger partial charge in [0.2, 0.25) is 5.91 Å². The minimum atomic E-state index is -0.0144. The monoisotopic (exact) mass is 292 g/mol. The van der Waals surface area contributed by atoms with Crippen LogP contribution in [-0.2, 0) is 4.79 Å². The number of likely N-dealkylation sites (N-methyl/N-ethyl adjacent to an activating group) is 1. The van der Waals surface area contributed by atoms with Crippen LogP contribution in [0.4, 0.5) is 0 Å². The molecule has 1 heterocycles. The topological polar surface area (TPSA) is 50.6 Å². The number of carbonyl (C=O) groups excluding carboxylic acids is 1. The number of piperazine rings is 1. The summed E-state index contributed by atoms with van der Waals surface area (Å²) in [6.07, 6.45) is 3.90. The number of carbonyl (C=O) groups is 1. The van der Waals surface area contributed by atoms with Crippen LogP contribution < -0.4 is 0 Å². The molecule has 0 radical (unpaired) electrons. The Kier molecular flexibility index (Phi) is 6.38. The zero-order valence-corrected chi connectivity index (χ0v) is 14.0. The molecule has 0 aliphatic carbocycles. The molecule has 0 bridgehead atoms. The van der Waals surface area contributed by atoms with Crippen molar-refractivity contribution >= 4 is 5.91 Å². The van der Waals surface area contributed by atoms with Gasteiger partial charge in [-0.1, -0.05) is 6.08 Å². The molecule has 0 spiro atoms. The Labute approximate surface area is 128 Å². The first-order valence-electron chi connectivity index (χ1n) is 7.49. The minimum absolute atomic E-state index is 0.0144. The van der Waals surface area contributed by atoms with Gasteiger partial charge in [-0.15, -0.1) is 0 Å². The average molecular weight is 292 g/mol. The van der Waals surface area contributed by atoms with Crippen LogP contribution >= 0.6 is 0 Å². The third kappa shape index (κ3) is 5.49. The Bertz CT molecular complexity index is 417. The molecule has 1 aliphatic heterocycles. The van der Waals surface area contributed by atoms with Crippen LogP contribution in [0.5, 0.6) is 0 Å². The Morgan fingerprint density at radius 1 is 1.38 bits per heavy atom. The van der Waals surface area contributed by atoms with Crippen molar-refractivity contribution in [3.63, 3.8) is 0 Å². The van der Waals surface area contributed by atoms with E-state index in [-0.39, 0.29) is 17.5 Å². The van der Waals surface area contributed by atoms with E-state index in [2.05, 4.69) is 31.7 Å². The molecule has 0 aromatic carbocycles. The zero-order valence-electron chi connectivity index (χ0n) is 14.0. The molecule has 5 heteroatoms. The van der Waals surface area contributed by atoms with Crippen LogP contribution in [0.2, 0.25) is 0 Å². The van der Waals surface area contributed by atoms with Gasteiger partial charge in [0.1, 0.15) is 0 Å². The molecule has 1 atom stereocenters. The van der Waals surface area contributed by atoms with E-state index >= 15 is 0 Å². The summed E-state index contributed by atoms with van der Waals surface area (Å²) in [4.78, 5) is 18.5. The van der Waals surface area contributed by atoms with Crippen LogP contribution in [0.3, 0.4) is 0 Å². The van der Waals surface area contributed by atoms with E-state index in [0.29, 0.717) is 13.0 Å². The average Bonchev–Trinajstić information content (AvgIpc) is 2.37. The lowest BCUT2D eigenvalue weighted by atomic mass is 10.0. The summed E-state index contributed by atoms with van der Waals surface area (Å²) >= 11 is 0. The summed E-state index contributed by atoms with van der Waals surface area (Å²) in [6.45, 7) is 9.58. The highest BCUT2D eigenvalue weighted by atomic mass is 16.2. The highest BCUT2D eigenvalue weighted by molar-refractivity contribution is 5.88. The number of rotatable bonds is 4. The minimum Gasteiger partial charge on any atom is -0.333 e. The predicted molar refractivity (Wildman–Crippen MR) is 84.8 cm³/mol. The second kappa shape index (κ2) is 7.58. The summed E-state index contributed by atoms with van der Waals surface area (Å²) < 4.78 is 0. The van der Waals surface area contributed by atoms with E-state index in [1.807, 2.05) is 30.0 Å². The summed E-state index contributed by atoms with van der Waals surface area (Å²) in [6, 6.07) is 2.20. The highest BCUT2D eigenvalue weighted by Crippen LogP contribution is 2.21. The standard InChI is InChI=1S/C16H28N4O/c1-16(2,3)19-11-12-20(14(13-19)8-9-17)15(21)7-6-10-18(4)5/h6-7,14H,8,10-13H2,1-5H3/b7-6+/t14-/m0/s1. The van der Waals surface area contributed by atoms with Gasteiger partial charge in [0, 0.05) is 37.8 Å². The van der Waals surface area contributed by atoms with Crippen molar-refractivity contribution in [3.05, 3.63) is 12.2 Å². The van der Waals surface area contributed by atoms with E-state index < -0.39 is 0 Å². The molecule has 1 aliphatic rings. The van der Waals surface area contributed by atoms with Gasteiger partial charge < -0.3 is 9.80 Å². The van der Waals surface area contributed by atoms with Crippen LogP contribution in [0.25, 0.3) is 0 Å². The lowest BCUT2D eigenvalue weighted by Crippen LogP contribution is -2.59. The third-order valence-electron chi connectivity index (χ3n) is 3.77. The maximum Gasteiger partial charge on any atom is 0.246 e. The first-order valence-corrected chi connectivity index (χ1v) is 7.49. The van der Waals surface area contributed by atoms with Crippen molar-refractivity contribution in [2.24, 2.45) is 0 Å². The molecule has 0 N–H and O–H groups in total. The Hall–Kier alpha value is -1.38. The normalized spacial score (nSPS) is 21.0. The van der Waals surface area contributed by atoms with E-state index in [1.165, 1.54) is 0 Å². The molecule has 0 saturated carbocycles. The fourth-order valence-electron chi connectivity index (χ4n) is 2.49. The lowest BCUT2D eigenvalue weighted by Gasteiger charge is -2.46. The van der Waals surface area contributed by atoms with E-state index in [1.54, 1.807) is 6.08 Å². The van der Waals surface area contributed by atoms with Gasteiger partial charge in [-0.2, -0.15) is 5.26 Å². The molecule has 21 heavy (non-hydrogen) atoms. The van der Waals surface area contributed by atoms with Gasteiger partial charge in [-0.25, -0.2) is 0 Å². The van der Waals surface area contributed by atoms with Crippen LogP contribution in [0.1, 0.15) is 27.2 Å². The lowest BCUT2D eigenvalue weighted by molar-refractivity contribution is -0.131. The van der Waals surface area contributed by atoms with Crippen LogP contribution in [0.15, 0.2) is 12.2 Å². The molecule has 1 rings (SSSR count). The maximum atomic E-state index is 12.3. The number of hydrogen-bond donors (Lipinski definition) is 0. The van der Waals surface area contributed by atoms with Gasteiger partial charge in [0.15, 0.2) is 0 Å². The molecule has 0 aromatic rings. The summed E-state index contributed by atoms with van der Waals surface area (Å²) in [5, 5.41) is 9.02. The van der Waals surface area contributed by atoms with Crippen LogP contribution in [-0.4, -0.2) is 72.5 Å². The van der Waals surface area contributed by atoms with Crippen molar-refractivity contribution in [1.82, 2.24) is 14.7 Å². The molecule has 1 amide bonds. The first kappa shape index (κ1) is 17.7. The molecule has 1 fully saturated rings. The van der Waals surface area contributed by atoms with E-state index in [9.17, 15) is 4.79 Å². The van der Waals surface area contributed by atoms with Crippen molar-refractivity contribution in [2.45, 2.75) is 38.8 Å². The largest absolute Gasteiger partial charge is 0.333 e. The molecule has 0 aromatic heterocycles. The summed E-state index contributed by atoms with van der Waals surface area (Å²) in [5.41, 5.74) is 0.0730. The Morgan fingerprint density at radius 3 is 2.57 bits per heavy atom. The van der Waals surface area contributed by atoms with Crippen molar-refractivity contribution in [3.8, 4) is 6.07 Å². The smallest absolute Gasteiger partial charge is 0.246 e. The van der Waals surface area contributed by atoms with Gasteiger partial charge >= 0.3 is 0 Å². The van der Waals surface area contributed by atoms with Crippen molar-refractivity contribution in [1.29, 1.82) is 5.26 Å².